The van der Waals surface area contributed by atoms with Gasteiger partial charge in [0.05, 0.1) is 38.6 Å². The Kier molecular flexibility index (Phi) is 9.74. The standard InChI is InChI=1S/C27H32O4/c1-22(29-19-23-11-5-2-6-12-23)17-26(30-20-24-13-7-3-8-14-24)27(18-28)31-21-25-15-9-4-10-16-25/h2-16,22,26-28H,17-21H2,1H3/t22-,26+,27+/m1/s1. The SMILES string of the molecule is C[C@H](C[C@H](OCc1ccccc1)[C@H](CO)OCc1ccccc1)OCc1ccccc1. The summed E-state index contributed by atoms with van der Waals surface area (Å²) in [7, 11) is 0. The van der Waals surface area contributed by atoms with Gasteiger partial charge in [-0.25, -0.2) is 0 Å². The maximum Gasteiger partial charge on any atom is 0.107 e. The smallest absolute Gasteiger partial charge is 0.107 e. The molecule has 0 fully saturated rings. The first-order valence-electron chi connectivity index (χ1n) is 10.8. The Morgan fingerprint density at radius 2 is 0.968 bits per heavy atom. The molecule has 0 unspecified atom stereocenters. The van der Waals surface area contributed by atoms with Crippen LogP contribution in [0.3, 0.4) is 0 Å². The van der Waals surface area contributed by atoms with Gasteiger partial charge in [0, 0.05) is 6.42 Å². The van der Waals surface area contributed by atoms with Crippen LogP contribution in [-0.4, -0.2) is 30.0 Å². The third kappa shape index (κ3) is 8.27. The molecule has 4 heteroatoms. The number of rotatable bonds is 13. The van der Waals surface area contributed by atoms with E-state index in [1.807, 2.05) is 85.8 Å². The van der Waals surface area contributed by atoms with Crippen LogP contribution in [0.5, 0.6) is 0 Å². The first kappa shape index (κ1) is 23.2. The zero-order valence-corrected chi connectivity index (χ0v) is 18.1. The molecule has 0 amide bonds. The quantitative estimate of drug-likeness (QED) is 0.416. The van der Waals surface area contributed by atoms with Gasteiger partial charge >= 0.3 is 0 Å². The summed E-state index contributed by atoms with van der Waals surface area (Å²) in [6.45, 7) is 3.35. The van der Waals surface area contributed by atoms with E-state index in [1.165, 1.54) is 0 Å². The number of benzene rings is 3. The molecular weight excluding hydrogens is 388 g/mol. The summed E-state index contributed by atoms with van der Waals surface area (Å²) in [6.07, 6.45) is -0.151. The predicted octanol–water partition coefficient (Wildman–Crippen LogP) is 5.14. The maximum absolute atomic E-state index is 10.0. The molecule has 3 rings (SSSR count). The number of aliphatic hydroxyl groups is 1. The van der Waals surface area contributed by atoms with Gasteiger partial charge in [-0.05, 0) is 23.6 Å². The maximum atomic E-state index is 10.0. The van der Waals surface area contributed by atoms with E-state index in [2.05, 4.69) is 12.1 Å². The lowest BCUT2D eigenvalue weighted by molar-refractivity contribution is -0.121. The molecule has 3 atom stereocenters. The first-order chi connectivity index (χ1) is 15.2. The molecule has 0 aliphatic heterocycles. The molecule has 31 heavy (non-hydrogen) atoms. The van der Waals surface area contributed by atoms with Crippen LogP contribution in [0, 0.1) is 0 Å². The highest BCUT2D eigenvalue weighted by molar-refractivity contribution is 5.15. The first-order valence-corrected chi connectivity index (χ1v) is 10.8. The Hall–Kier alpha value is -2.50. The Bertz CT molecular complexity index is 839. The predicted molar refractivity (Wildman–Crippen MR) is 122 cm³/mol. The molecule has 0 heterocycles. The molecule has 0 radical (unpaired) electrons. The topological polar surface area (TPSA) is 47.9 Å². The van der Waals surface area contributed by atoms with E-state index in [4.69, 9.17) is 14.2 Å². The molecule has 0 saturated heterocycles. The number of ether oxygens (including phenoxy) is 3. The lowest BCUT2D eigenvalue weighted by Gasteiger charge is -2.28. The number of hydrogen-bond donors (Lipinski definition) is 1. The van der Waals surface area contributed by atoms with Crippen LogP contribution in [0.2, 0.25) is 0 Å². The normalized spacial score (nSPS) is 14.1. The van der Waals surface area contributed by atoms with Crippen molar-refractivity contribution in [1.82, 2.24) is 0 Å². The monoisotopic (exact) mass is 420 g/mol. The van der Waals surface area contributed by atoms with Crippen molar-refractivity contribution < 1.29 is 19.3 Å². The Morgan fingerprint density at radius 3 is 1.39 bits per heavy atom. The number of hydrogen-bond acceptors (Lipinski definition) is 4. The minimum Gasteiger partial charge on any atom is -0.394 e. The fourth-order valence-electron chi connectivity index (χ4n) is 3.37. The molecule has 3 aromatic carbocycles. The van der Waals surface area contributed by atoms with Crippen LogP contribution in [0.1, 0.15) is 30.0 Å². The van der Waals surface area contributed by atoms with Crippen molar-refractivity contribution in [3.8, 4) is 0 Å². The van der Waals surface area contributed by atoms with E-state index in [0.717, 1.165) is 16.7 Å². The average Bonchev–Trinajstić information content (AvgIpc) is 2.83. The van der Waals surface area contributed by atoms with Crippen LogP contribution in [0.25, 0.3) is 0 Å². The second-order valence-electron chi connectivity index (χ2n) is 7.70. The summed E-state index contributed by atoms with van der Waals surface area (Å²) in [5, 5.41) is 10.0. The van der Waals surface area contributed by atoms with Crippen LogP contribution in [0.15, 0.2) is 91.0 Å². The fourth-order valence-corrected chi connectivity index (χ4v) is 3.37. The van der Waals surface area contributed by atoms with Crippen molar-refractivity contribution in [1.29, 1.82) is 0 Å². The van der Waals surface area contributed by atoms with Gasteiger partial charge in [-0.1, -0.05) is 91.0 Å². The van der Waals surface area contributed by atoms with Gasteiger partial charge < -0.3 is 19.3 Å². The van der Waals surface area contributed by atoms with Crippen LogP contribution >= 0.6 is 0 Å². The van der Waals surface area contributed by atoms with Gasteiger partial charge in [0.1, 0.15) is 6.10 Å². The molecule has 164 valence electrons. The Morgan fingerprint density at radius 1 is 0.581 bits per heavy atom. The van der Waals surface area contributed by atoms with Gasteiger partial charge in [-0.15, -0.1) is 0 Å². The van der Waals surface area contributed by atoms with Crippen molar-refractivity contribution in [2.75, 3.05) is 6.61 Å². The Balaban J connectivity index is 1.60. The van der Waals surface area contributed by atoms with Gasteiger partial charge in [0.15, 0.2) is 0 Å². The zero-order valence-electron chi connectivity index (χ0n) is 18.1. The second-order valence-corrected chi connectivity index (χ2v) is 7.70. The lowest BCUT2D eigenvalue weighted by Crippen LogP contribution is -2.37. The van der Waals surface area contributed by atoms with E-state index in [9.17, 15) is 5.11 Å². The minimum atomic E-state index is -0.438. The van der Waals surface area contributed by atoms with Gasteiger partial charge in [0.25, 0.3) is 0 Å². The largest absolute Gasteiger partial charge is 0.394 e. The second kappa shape index (κ2) is 13.0. The van der Waals surface area contributed by atoms with Crippen molar-refractivity contribution in [2.24, 2.45) is 0 Å². The van der Waals surface area contributed by atoms with E-state index >= 15 is 0 Å². The van der Waals surface area contributed by atoms with Crippen molar-refractivity contribution in [2.45, 2.75) is 51.5 Å². The van der Waals surface area contributed by atoms with E-state index in [1.54, 1.807) is 0 Å². The molecule has 3 aromatic rings. The summed E-state index contributed by atoms with van der Waals surface area (Å²) in [6, 6.07) is 30.1. The highest BCUT2D eigenvalue weighted by Gasteiger charge is 2.25. The van der Waals surface area contributed by atoms with E-state index in [0.29, 0.717) is 26.2 Å². The van der Waals surface area contributed by atoms with Gasteiger partial charge in [0.2, 0.25) is 0 Å². The minimum absolute atomic E-state index is 0.0460. The lowest BCUT2D eigenvalue weighted by atomic mass is 10.1. The molecule has 1 N–H and O–H groups in total. The van der Waals surface area contributed by atoms with Gasteiger partial charge in [-0.2, -0.15) is 0 Å². The zero-order chi connectivity index (χ0) is 21.7. The highest BCUT2D eigenvalue weighted by Crippen LogP contribution is 2.18. The van der Waals surface area contributed by atoms with Crippen molar-refractivity contribution >= 4 is 0 Å². The average molecular weight is 421 g/mol. The molecular formula is C27H32O4. The molecule has 0 aliphatic rings. The Labute approximate surface area is 185 Å². The molecule has 0 aliphatic carbocycles. The molecule has 0 bridgehead atoms. The summed E-state index contributed by atoms with van der Waals surface area (Å²) < 4.78 is 18.3. The molecule has 0 aromatic heterocycles. The number of aliphatic hydroxyl groups excluding tert-OH is 1. The van der Waals surface area contributed by atoms with Crippen LogP contribution in [0.4, 0.5) is 0 Å². The molecule has 4 nitrogen and oxygen atoms in total. The summed E-state index contributed by atoms with van der Waals surface area (Å²) >= 11 is 0. The summed E-state index contributed by atoms with van der Waals surface area (Å²) in [5.74, 6) is 0. The van der Waals surface area contributed by atoms with Gasteiger partial charge in [-0.3, -0.25) is 0 Å². The van der Waals surface area contributed by atoms with E-state index in [-0.39, 0.29) is 18.8 Å². The van der Waals surface area contributed by atoms with Crippen LogP contribution < -0.4 is 0 Å². The fraction of sp³-hybridized carbons (Fsp3) is 0.333. The molecule has 0 saturated carbocycles. The van der Waals surface area contributed by atoms with Crippen molar-refractivity contribution in [3.63, 3.8) is 0 Å². The summed E-state index contributed by atoms with van der Waals surface area (Å²) in [4.78, 5) is 0. The third-order valence-electron chi connectivity index (χ3n) is 5.15. The molecule has 0 spiro atoms. The highest BCUT2D eigenvalue weighted by atomic mass is 16.5. The third-order valence-corrected chi connectivity index (χ3v) is 5.15. The van der Waals surface area contributed by atoms with Crippen molar-refractivity contribution in [3.05, 3.63) is 108 Å². The van der Waals surface area contributed by atoms with E-state index < -0.39 is 6.10 Å². The summed E-state index contributed by atoms with van der Waals surface area (Å²) in [5.41, 5.74) is 3.29. The van der Waals surface area contributed by atoms with Crippen LogP contribution in [-0.2, 0) is 34.0 Å².